The molecule has 1 fully saturated rings. The molecule has 100 valence electrons. The minimum atomic E-state index is -0.0405. The number of para-hydroxylation sites is 2. The van der Waals surface area contributed by atoms with Gasteiger partial charge in [0.1, 0.15) is 5.03 Å². The molecular weight excluding hydrogens is 260 g/mol. The van der Waals surface area contributed by atoms with Crippen LogP contribution in [0, 0.1) is 6.92 Å². The van der Waals surface area contributed by atoms with Crippen molar-refractivity contribution in [3.05, 3.63) is 30.0 Å². The molecule has 3 rings (SSSR count). The number of rotatable bonds is 4. The lowest BCUT2D eigenvalue weighted by molar-refractivity contribution is -0.0421. The fourth-order valence-electron chi connectivity index (χ4n) is 2.03. The third kappa shape index (κ3) is 3.05. The molecule has 5 heteroatoms. The Bertz CT molecular complexity index is 570. The lowest BCUT2D eigenvalue weighted by Crippen LogP contribution is -2.08. The van der Waals surface area contributed by atoms with Crippen LogP contribution in [0.3, 0.4) is 0 Å². The highest BCUT2D eigenvalue weighted by Gasteiger charge is 2.15. The van der Waals surface area contributed by atoms with Crippen molar-refractivity contribution < 1.29 is 9.47 Å². The first-order valence-electron chi connectivity index (χ1n) is 6.42. The number of nitrogens with zero attached hydrogens (tertiary/aromatic N) is 2. The zero-order valence-electron chi connectivity index (χ0n) is 10.8. The molecule has 0 aliphatic carbocycles. The second kappa shape index (κ2) is 5.86. The monoisotopic (exact) mass is 276 g/mol. The molecule has 0 N–H and O–H groups in total. The number of ether oxygens (including phenoxy) is 2. The highest BCUT2D eigenvalue weighted by atomic mass is 32.2. The average Bonchev–Trinajstić information content (AvgIpc) is 2.92. The summed E-state index contributed by atoms with van der Waals surface area (Å²) >= 11 is 1.72. The van der Waals surface area contributed by atoms with E-state index in [2.05, 4.69) is 9.97 Å². The van der Waals surface area contributed by atoms with E-state index in [1.165, 1.54) is 0 Å². The normalized spacial score (nSPS) is 16.3. The number of hydrogen-bond acceptors (Lipinski definition) is 5. The van der Waals surface area contributed by atoms with Crippen molar-refractivity contribution >= 4 is 22.8 Å². The van der Waals surface area contributed by atoms with E-state index in [4.69, 9.17) is 9.47 Å². The Morgan fingerprint density at radius 2 is 1.84 bits per heavy atom. The van der Waals surface area contributed by atoms with Crippen molar-refractivity contribution in [3.8, 4) is 0 Å². The molecule has 1 aliphatic heterocycles. The number of hydrogen-bond donors (Lipinski definition) is 0. The van der Waals surface area contributed by atoms with E-state index in [0.717, 1.165) is 33.9 Å². The largest absolute Gasteiger partial charge is 0.350 e. The van der Waals surface area contributed by atoms with Crippen LogP contribution in [0.2, 0.25) is 0 Å². The summed E-state index contributed by atoms with van der Waals surface area (Å²) < 4.78 is 10.8. The number of benzene rings is 1. The smallest absolute Gasteiger partial charge is 0.158 e. The standard InChI is InChI=1S/C14H16N2O2S/c1-10-14(19-9-6-13-17-7-8-18-13)16-12-5-3-2-4-11(12)15-10/h2-5,13H,6-9H2,1H3. The summed E-state index contributed by atoms with van der Waals surface area (Å²) in [5, 5.41) is 0.997. The molecule has 1 aliphatic rings. The van der Waals surface area contributed by atoms with Crippen molar-refractivity contribution in [2.45, 2.75) is 24.7 Å². The molecule has 0 bridgehead atoms. The molecule has 0 atom stereocenters. The molecule has 0 spiro atoms. The summed E-state index contributed by atoms with van der Waals surface area (Å²) in [4.78, 5) is 9.24. The van der Waals surface area contributed by atoms with Gasteiger partial charge in [-0.25, -0.2) is 9.97 Å². The molecule has 2 heterocycles. The molecule has 4 nitrogen and oxygen atoms in total. The van der Waals surface area contributed by atoms with Crippen molar-refractivity contribution in [2.75, 3.05) is 19.0 Å². The van der Waals surface area contributed by atoms with Crippen molar-refractivity contribution in [1.82, 2.24) is 9.97 Å². The van der Waals surface area contributed by atoms with Crippen LogP contribution in [0.5, 0.6) is 0 Å². The van der Waals surface area contributed by atoms with Gasteiger partial charge in [0.05, 0.1) is 29.9 Å². The van der Waals surface area contributed by atoms with E-state index < -0.39 is 0 Å². The number of aryl methyl sites for hydroxylation is 1. The van der Waals surface area contributed by atoms with Gasteiger partial charge >= 0.3 is 0 Å². The molecule has 0 amide bonds. The van der Waals surface area contributed by atoms with Gasteiger partial charge in [0.2, 0.25) is 0 Å². The summed E-state index contributed by atoms with van der Waals surface area (Å²) in [5.41, 5.74) is 2.88. The predicted octanol–water partition coefficient (Wildman–Crippen LogP) is 2.79. The first kappa shape index (κ1) is 12.8. The minimum Gasteiger partial charge on any atom is -0.350 e. The summed E-state index contributed by atoms with van der Waals surface area (Å²) in [7, 11) is 0. The van der Waals surface area contributed by atoms with Gasteiger partial charge in [-0.05, 0) is 19.1 Å². The summed E-state index contributed by atoms with van der Waals surface area (Å²) in [5.74, 6) is 0.929. The van der Waals surface area contributed by atoms with Gasteiger partial charge < -0.3 is 9.47 Å². The van der Waals surface area contributed by atoms with Crippen molar-refractivity contribution in [2.24, 2.45) is 0 Å². The van der Waals surface area contributed by atoms with Gasteiger partial charge in [-0.15, -0.1) is 11.8 Å². The Morgan fingerprint density at radius 1 is 1.16 bits per heavy atom. The van der Waals surface area contributed by atoms with Crippen LogP contribution >= 0.6 is 11.8 Å². The zero-order valence-corrected chi connectivity index (χ0v) is 11.7. The quantitative estimate of drug-likeness (QED) is 0.803. The Morgan fingerprint density at radius 3 is 2.58 bits per heavy atom. The first-order chi connectivity index (χ1) is 9.33. The van der Waals surface area contributed by atoms with Crippen LogP contribution in [0.1, 0.15) is 12.1 Å². The minimum absolute atomic E-state index is 0.0405. The van der Waals surface area contributed by atoms with Crippen LogP contribution in [-0.4, -0.2) is 35.2 Å². The summed E-state index contributed by atoms with van der Waals surface area (Å²) in [6.45, 7) is 3.43. The summed E-state index contributed by atoms with van der Waals surface area (Å²) in [6.07, 6.45) is 0.847. The Hall–Kier alpha value is -1.17. The lowest BCUT2D eigenvalue weighted by Gasteiger charge is -2.09. The van der Waals surface area contributed by atoms with Crippen LogP contribution in [-0.2, 0) is 9.47 Å². The van der Waals surface area contributed by atoms with E-state index >= 15 is 0 Å². The topological polar surface area (TPSA) is 44.2 Å². The molecule has 1 saturated heterocycles. The third-order valence-electron chi connectivity index (χ3n) is 2.98. The molecular formula is C14H16N2O2S. The highest BCUT2D eigenvalue weighted by Crippen LogP contribution is 2.23. The Labute approximate surface area is 116 Å². The highest BCUT2D eigenvalue weighted by molar-refractivity contribution is 7.99. The number of fused-ring (bicyclic) bond motifs is 1. The van der Waals surface area contributed by atoms with Crippen LogP contribution in [0.25, 0.3) is 11.0 Å². The second-order valence-electron chi connectivity index (χ2n) is 4.41. The van der Waals surface area contributed by atoms with Gasteiger partial charge in [-0.1, -0.05) is 12.1 Å². The molecule has 0 radical (unpaired) electrons. The van der Waals surface area contributed by atoms with Gasteiger partial charge in [0, 0.05) is 12.2 Å². The van der Waals surface area contributed by atoms with Gasteiger partial charge in [0.15, 0.2) is 6.29 Å². The molecule has 19 heavy (non-hydrogen) atoms. The third-order valence-corrected chi connectivity index (χ3v) is 4.08. The maximum absolute atomic E-state index is 5.42. The van der Waals surface area contributed by atoms with Crippen LogP contribution in [0.4, 0.5) is 0 Å². The molecule has 1 aromatic heterocycles. The van der Waals surface area contributed by atoms with E-state index in [9.17, 15) is 0 Å². The molecule has 2 aromatic rings. The van der Waals surface area contributed by atoms with Gasteiger partial charge in [-0.3, -0.25) is 0 Å². The number of thioether (sulfide) groups is 1. The number of aromatic nitrogens is 2. The Kier molecular flexibility index (Phi) is 3.96. The SMILES string of the molecule is Cc1nc2ccccc2nc1SCCC1OCCO1. The Balaban J connectivity index is 1.67. The molecule has 0 unspecified atom stereocenters. The van der Waals surface area contributed by atoms with E-state index in [0.29, 0.717) is 13.2 Å². The predicted molar refractivity (Wildman–Crippen MR) is 75.3 cm³/mol. The zero-order chi connectivity index (χ0) is 13.1. The van der Waals surface area contributed by atoms with E-state index in [-0.39, 0.29) is 6.29 Å². The van der Waals surface area contributed by atoms with Crippen molar-refractivity contribution in [3.63, 3.8) is 0 Å². The average molecular weight is 276 g/mol. The maximum atomic E-state index is 5.42. The maximum Gasteiger partial charge on any atom is 0.158 e. The van der Waals surface area contributed by atoms with Crippen molar-refractivity contribution in [1.29, 1.82) is 0 Å². The van der Waals surface area contributed by atoms with Crippen LogP contribution < -0.4 is 0 Å². The first-order valence-corrected chi connectivity index (χ1v) is 7.41. The second-order valence-corrected chi connectivity index (χ2v) is 5.49. The molecule has 0 saturated carbocycles. The van der Waals surface area contributed by atoms with E-state index in [1.807, 2.05) is 31.2 Å². The van der Waals surface area contributed by atoms with Crippen LogP contribution in [0.15, 0.2) is 29.3 Å². The molecule has 1 aromatic carbocycles. The van der Waals surface area contributed by atoms with Gasteiger partial charge in [0.25, 0.3) is 0 Å². The van der Waals surface area contributed by atoms with Gasteiger partial charge in [-0.2, -0.15) is 0 Å². The van der Waals surface area contributed by atoms with E-state index in [1.54, 1.807) is 11.8 Å². The fourth-order valence-corrected chi connectivity index (χ4v) is 2.96. The summed E-state index contributed by atoms with van der Waals surface area (Å²) in [6, 6.07) is 7.96. The lowest BCUT2D eigenvalue weighted by atomic mass is 10.3. The fraction of sp³-hybridized carbons (Fsp3) is 0.429.